The average molecular weight is 511 g/mol. The Morgan fingerprint density at radius 1 is 1.03 bits per heavy atom. The summed E-state index contributed by atoms with van der Waals surface area (Å²) in [6.07, 6.45) is -0.449. The van der Waals surface area contributed by atoms with Crippen molar-refractivity contribution in [2.75, 3.05) is 13.2 Å². The van der Waals surface area contributed by atoms with E-state index < -0.39 is 41.1 Å². The lowest BCUT2D eigenvalue weighted by atomic mass is 9.76. The Kier molecular flexibility index (Phi) is 8.91. The fraction of sp³-hybridized carbons (Fsp3) is 0.429. The molecule has 3 atom stereocenters. The van der Waals surface area contributed by atoms with E-state index in [1.54, 1.807) is 31.2 Å². The van der Waals surface area contributed by atoms with E-state index in [-0.39, 0.29) is 31.2 Å². The highest BCUT2D eigenvalue weighted by Gasteiger charge is 2.42. The molecule has 3 rings (SSSR count). The van der Waals surface area contributed by atoms with Gasteiger partial charge in [-0.2, -0.15) is 0 Å². The lowest BCUT2D eigenvalue weighted by molar-refractivity contribution is -0.146. The molecule has 0 radical (unpaired) electrons. The summed E-state index contributed by atoms with van der Waals surface area (Å²) in [7, 11) is 0. The highest BCUT2D eigenvalue weighted by molar-refractivity contribution is 6.13. The molecule has 1 fully saturated rings. The molecular formula is C28H34N2O7. The summed E-state index contributed by atoms with van der Waals surface area (Å²) in [5.74, 6) is -1.33. The molecule has 2 aromatic rings. The van der Waals surface area contributed by atoms with Gasteiger partial charge in [-0.15, -0.1) is 0 Å². The molecule has 0 aliphatic carbocycles. The molecule has 1 aliphatic rings. The largest absolute Gasteiger partial charge is 0.465 e. The molecule has 3 unspecified atom stereocenters. The first-order valence-electron chi connectivity index (χ1n) is 12.3. The molecule has 0 spiro atoms. The van der Waals surface area contributed by atoms with Gasteiger partial charge in [0.2, 0.25) is 5.91 Å². The van der Waals surface area contributed by atoms with Crippen molar-refractivity contribution in [2.45, 2.75) is 52.6 Å². The number of nitrogens with one attached hydrogen (secondary N) is 1. The second-order valence-corrected chi connectivity index (χ2v) is 10.1. The van der Waals surface area contributed by atoms with Crippen LogP contribution in [-0.4, -0.2) is 59.0 Å². The number of hydrogen-bond acceptors (Lipinski definition) is 6. The van der Waals surface area contributed by atoms with E-state index in [9.17, 15) is 24.3 Å². The second-order valence-electron chi connectivity index (χ2n) is 10.1. The van der Waals surface area contributed by atoms with Gasteiger partial charge in [0.25, 0.3) is 0 Å². The first kappa shape index (κ1) is 27.7. The summed E-state index contributed by atoms with van der Waals surface area (Å²) in [6, 6.07) is 13.5. The quantitative estimate of drug-likeness (QED) is 0.304. The maximum absolute atomic E-state index is 13.3. The maximum atomic E-state index is 13.3. The summed E-state index contributed by atoms with van der Waals surface area (Å²) < 4.78 is 10.8. The Balaban J connectivity index is 1.75. The van der Waals surface area contributed by atoms with Crippen molar-refractivity contribution in [3.05, 3.63) is 60.2 Å². The van der Waals surface area contributed by atoms with Gasteiger partial charge in [0.1, 0.15) is 11.5 Å². The molecule has 0 bridgehead atoms. The minimum Gasteiger partial charge on any atom is -0.465 e. The number of carbonyl (C=O) groups is 4. The average Bonchev–Trinajstić information content (AvgIpc) is 2.87. The number of carboxylic acid groups (broad SMARTS) is 1. The van der Waals surface area contributed by atoms with Gasteiger partial charge in [-0.1, -0.05) is 39.0 Å². The molecule has 0 saturated carbocycles. The number of rotatable bonds is 8. The number of nitrogens with zero attached hydrogens (tertiary/aromatic N) is 1. The van der Waals surface area contributed by atoms with E-state index >= 15 is 0 Å². The second kappa shape index (κ2) is 11.9. The lowest BCUT2D eigenvalue weighted by Crippen LogP contribution is -2.55. The fourth-order valence-electron chi connectivity index (χ4n) is 4.45. The van der Waals surface area contributed by atoms with Gasteiger partial charge in [-0.25, -0.2) is 9.59 Å². The van der Waals surface area contributed by atoms with Crippen LogP contribution in [0, 0.1) is 11.3 Å². The predicted octanol–water partition coefficient (Wildman–Crippen LogP) is 4.51. The zero-order valence-corrected chi connectivity index (χ0v) is 21.6. The normalized spacial score (nSPS) is 18.4. The van der Waals surface area contributed by atoms with Crippen LogP contribution in [0.5, 0.6) is 11.5 Å². The molecule has 0 aromatic heterocycles. The van der Waals surface area contributed by atoms with E-state index in [4.69, 9.17) is 9.47 Å². The van der Waals surface area contributed by atoms with Crippen molar-refractivity contribution in [1.29, 1.82) is 0 Å². The number of likely N-dealkylation sites (tertiary alicyclic amines) is 1. The van der Waals surface area contributed by atoms with E-state index in [1.807, 2.05) is 39.0 Å². The van der Waals surface area contributed by atoms with E-state index in [1.165, 1.54) is 17.0 Å². The van der Waals surface area contributed by atoms with Crippen LogP contribution in [0.15, 0.2) is 54.6 Å². The number of benzene rings is 2. The zero-order valence-electron chi connectivity index (χ0n) is 21.6. The van der Waals surface area contributed by atoms with Crippen LogP contribution in [0.3, 0.4) is 0 Å². The first-order chi connectivity index (χ1) is 17.5. The van der Waals surface area contributed by atoms with Crippen molar-refractivity contribution in [3.63, 3.8) is 0 Å². The topological polar surface area (TPSA) is 122 Å². The Morgan fingerprint density at radius 2 is 1.65 bits per heavy atom. The molecule has 9 nitrogen and oxygen atoms in total. The molecule has 2 N–H and O–H groups in total. The Hall–Kier alpha value is -3.88. The van der Waals surface area contributed by atoms with Crippen LogP contribution in [0.25, 0.3) is 0 Å². The number of ketones is 1. The Morgan fingerprint density at radius 3 is 2.22 bits per heavy atom. The summed E-state index contributed by atoms with van der Waals surface area (Å²) in [5.41, 5.74) is -0.177. The predicted molar refractivity (Wildman–Crippen MR) is 137 cm³/mol. The van der Waals surface area contributed by atoms with Crippen molar-refractivity contribution < 1.29 is 33.8 Å². The number of para-hydroxylation sites is 1. The standard InChI is InChI=1S/C28H34N2O7/c1-5-36-26(33)23(24(31)18-11-13-21(14-12-18)37-20-9-7-6-8-10-20)29-25(32)19-15-16-30(27(34)35)22(17-19)28(2,3)4/h6-14,19,22-23H,5,15-17H2,1-4H3,(H,29,32)(H,34,35). The van der Waals surface area contributed by atoms with Crippen molar-refractivity contribution in [1.82, 2.24) is 10.2 Å². The van der Waals surface area contributed by atoms with Crippen LogP contribution in [0.4, 0.5) is 4.79 Å². The molecule has 198 valence electrons. The number of carbonyl (C=O) groups excluding carboxylic acids is 3. The number of amides is 2. The van der Waals surface area contributed by atoms with Crippen LogP contribution in [0.2, 0.25) is 0 Å². The SMILES string of the molecule is CCOC(=O)C(NC(=O)C1CCN(C(=O)O)C(C(C)(C)C)C1)C(=O)c1ccc(Oc2ccccc2)cc1. The molecule has 37 heavy (non-hydrogen) atoms. The summed E-state index contributed by atoms with van der Waals surface area (Å²) >= 11 is 0. The van der Waals surface area contributed by atoms with Gasteiger partial charge in [0.05, 0.1) is 6.61 Å². The van der Waals surface area contributed by atoms with Crippen LogP contribution >= 0.6 is 0 Å². The fourth-order valence-corrected chi connectivity index (χ4v) is 4.45. The van der Waals surface area contributed by atoms with Crippen LogP contribution in [0.1, 0.15) is 50.9 Å². The monoisotopic (exact) mass is 510 g/mol. The molecule has 9 heteroatoms. The molecule has 1 saturated heterocycles. The number of esters is 1. The van der Waals surface area contributed by atoms with Gasteiger partial charge < -0.3 is 24.8 Å². The van der Waals surface area contributed by atoms with Gasteiger partial charge >= 0.3 is 12.1 Å². The third kappa shape index (κ3) is 7.09. The Bertz CT molecular complexity index is 1110. The maximum Gasteiger partial charge on any atom is 0.407 e. The number of Topliss-reactive ketones (excluding diaryl/α,β-unsaturated/α-hetero) is 1. The number of hydrogen-bond donors (Lipinski definition) is 2. The van der Waals surface area contributed by atoms with Crippen LogP contribution in [-0.2, 0) is 14.3 Å². The van der Waals surface area contributed by atoms with E-state index in [2.05, 4.69) is 5.32 Å². The highest BCUT2D eigenvalue weighted by Crippen LogP contribution is 2.35. The van der Waals surface area contributed by atoms with Crippen molar-refractivity contribution in [2.24, 2.45) is 11.3 Å². The van der Waals surface area contributed by atoms with Gasteiger partial charge in [0, 0.05) is 24.1 Å². The first-order valence-corrected chi connectivity index (χ1v) is 12.3. The molecule has 2 amide bonds. The van der Waals surface area contributed by atoms with E-state index in [0.29, 0.717) is 17.9 Å². The zero-order chi connectivity index (χ0) is 27.2. The Labute approximate surface area is 216 Å². The molecule has 2 aromatic carbocycles. The van der Waals surface area contributed by atoms with Crippen LogP contribution < -0.4 is 10.1 Å². The minimum absolute atomic E-state index is 0.0471. The highest BCUT2D eigenvalue weighted by atomic mass is 16.5. The van der Waals surface area contributed by atoms with Crippen molar-refractivity contribution in [3.8, 4) is 11.5 Å². The number of piperidine rings is 1. The van der Waals surface area contributed by atoms with E-state index in [0.717, 1.165) is 0 Å². The molecule has 1 aliphatic heterocycles. The third-order valence-electron chi connectivity index (χ3n) is 6.41. The summed E-state index contributed by atoms with van der Waals surface area (Å²) in [5, 5.41) is 12.2. The smallest absolute Gasteiger partial charge is 0.407 e. The van der Waals surface area contributed by atoms with Gasteiger partial charge in [0.15, 0.2) is 11.8 Å². The summed E-state index contributed by atoms with van der Waals surface area (Å²) in [4.78, 5) is 52.2. The van der Waals surface area contributed by atoms with Gasteiger partial charge in [-0.3, -0.25) is 9.59 Å². The number of ether oxygens (including phenoxy) is 2. The lowest BCUT2D eigenvalue weighted by Gasteiger charge is -2.44. The molecule has 1 heterocycles. The van der Waals surface area contributed by atoms with Crippen molar-refractivity contribution >= 4 is 23.8 Å². The third-order valence-corrected chi connectivity index (χ3v) is 6.41. The minimum atomic E-state index is -1.51. The summed E-state index contributed by atoms with van der Waals surface area (Å²) in [6.45, 7) is 7.62. The molecular weight excluding hydrogens is 476 g/mol. The van der Waals surface area contributed by atoms with Gasteiger partial charge in [-0.05, 0) is 61.6 Å².